The zero-order chi connectivity index (χ0) is 12.5. The molecule has 18 heavy (non-hydrogen) atoms. The van der Waals surface area contributed by atoms with E-state index in [1.165, 1.54) is 25.9 Å². The number of nitrogens with zero attached hydrogens (tertiary/aromatic N) is 1. The maximum absolute atomic E-state index is 12.4. The van der Waals surface area contributed by atoms with Gasteiger partial charge in [0.15, 0.2) is 0 Å². The Morgan fingerprint density at radius 3 is 2.94 bits per heavy atom. The van der Waals surface area contributed by atoms with Crippen molar-refractivity contribution in [2.24, 2.45) is 5.92 Å². The lowest BCUT2D eigenvalue weighted by Gasteiger charge is -2.31. The molecule has 0 saturated carbocycles. The van der Waals surface area contributed by atoms with Gasteiger partial charge >= 0.3 is 0 Å². The molecule has 0 spiro atoms. The Bertz CT molecular complexity index is 320. The molecule has 0 aromatic carbocycles. The monoisotopic (exact) mass is 251 g/mol. The molecule has 3 saturated heterocycles. The van der Waals surface area contributed by atoms with Gasteiger partial charge < -0.3 is 10.6 Å². The first-order valence-corrected chi connectivity index (χ1v) is 7.53. The Labute approximate surface area is 109 Å². The van der Waals surface area contributed by atoms with E-state index in [1.54, 1.807) is 0 Å². The molecular formula is C14H25N3O. The number of fused-ring (bicyclic) bond motifs is 1. The zero-order valence-corrected chi connectivity index (χ0v) is 11.3. The van der Waals surface area contributed by atoms with Gasteiger partial charge in [-0.1, -0.05) is 0 Å². The molecular weight excluding hydrogens is 226 g/mol. The van der Waals surface area contributed by atoms with Gasteiger partial charge in [0, 0.05) is 24.7 Å². The molecule has 0 bridgehead atoms. The summed E-state index contributed by atoms with van der Waals surface area (Å²) < 4.78 is 0. The molecule has 0 radical (unpaired) electrons. The van der Waals surface area contributed by atoms with Gasteiger partial charge in [-0.2, -0.15) is 0 Å². The highest BCUT2D eigenvalue weighted by molar-refractivity contribution is 5.79. The fraction of sp³-hybridized carbons (Fsp3) is 0.929. The Morgan fingerprint density at radius 1 is 1.22 bits per heavy atom. The summed E-state index contributed by atoms with van der Waals surface area (Å²) in [5, 5.41) is 6.74. The number of carbonyl (C=O) groups is 1. The number of piperidine rings is 1. The molecule has 4 nitrogen and oxygen atoms in total. The number of carbonyl (C=O) groups excluding carboxylic acids is 1. The normalized spacial score (nSPS) is 40.7. The number of nitrogens with one attached hydrogen (secondary N) is 2. The highest BCUT2D eigenvalue weighted by Gasteiger charge is 2.39. The van der Waals surface area contributed by atoms with Crippen LogP contribution in [-0.4, -0.2) is 48.6 Å². The minimum absolute atomic E-state index is 0.175. The van der Waals surface area contributed by atoms with Crippen LogP contribution in [0, 0.1) is 5.92 Å². The minimum atomic E-state index is 0.175. The van der Waals surface area contributed by atoms with Crippen LogP contribution in [0.5, 0.6) is 0 Å². The molecule has 3 heterocycles. The number of rotatable bonds is 2. The average molecular weight is 251 g/mol. The third-order valence-corrected chi connectivity index (χ3v) is 5.03. The molecule has 3 fully saturated rings. The Balaban J connectivity index is 1.57. The molecule has 4 heteroatoms. The van der Waals surface area contributed by atoms with Gasteiger partial charge in [-0.05, 0) is 52.1 Å². The molecule has 3 aliphatic heterocycles. The molecule has 4 unspecified atom stereocenters. The van der Waals surface area contributed by atoms with E-state index in [2.05, 4.69) is 22.5 Å². The fourth-order valence-electron chi connectivity index (χ4n) is 3.94. The van der Waals surface area contributed by atoms with E-state index >= 15 is 0 Å². The van der Waals surface area contributed by atoms with Crippen molar-refractivity contribution in [3.05, 3.63) is 0 Å². The Kier molecular flexibility index (Phi) is 3.57. The molecule has 3 rings (SSSR count). The van der Waals surface area contributed by atoms with Crippen molar-refractivity contribution in [3.8, 4) is 0 Å². The smallest absolute Gasteiger partial charge is 0.224 e. The van der Waals surface area contributed by atoms with Crippen molar-refractivity contribution in [1.82, 2.24) is 15.5 Å². The summed E-state index contributed by atoms with van der Waals surface area (Å²) in [6.07, 6.45) is 5.89. The SMILES string of the molecule is CC1NCCCC1C(=O)NC1CCN2CCCC12. The van der Waals surface area contributed by atoms with E-state index in [-0.39, 0.29) is 11.8 Å². The molecule has 0 aliphatic carbocycles. The summed E-state index contributed by atoms with van der Waals surface area (Å²) in [5.74, 6) is 0.461. The van der Waals surface area contributed by atoms with Gasteiger partial charge in [0.25, 0.3) is 0 Å². The van der Waals surface area contributed by atoms with Gasteiger partial charge in [-0.25, -0.2) is 0 Å². The first-order chi connectivity index (χ1) is 8.75. The fourth-order valence-corrected chi connectivity index (χ4v) is 3.94. The van der Waals surface area contributed by atoms with Crippen molar-refractivity contribution in [2.45, 2.75) is 57.2 Å². The van der Waals surface area contributed by atoms with Crippen molar-refractivity contribution in [1.29, 1.82) is 0 Å². The first-order valence-electron chi connectivity index (χ1n) is 7.53. The van der Waals surface area contributed by atoms with Crippen LogP contribution in [0.4, 0.5) is 0 Å². The summed E-state index contributed by atoms with van der Waals surface area (Å²) in [4.78, 5) is 14.9. The van der Waals surface area contributed by atoms with E-state index < -0.39 is 0 Å². The second-order valence-corrected chi connectivity index (χ2v) is 6.14. The molecule has 0 aromatic heterocycles. The van der Waals surface area contributed by atoms with E-state index in [9.17, 15) is 4.79 Å². The minimum Gasteiger partial charge on any atom is -0.351 e. The third kappa shape index (κ3) is 2.28. The first kappa shape index (κ1) is 12.4. The molecule has 102 valence electrons. The predicted octanol–water partition coefficient (Wildman–Crippen LogP) is 0.727. The topological polar surface area (TPSA) is 44.4 Å². The molecule has 3 aliphatic rings. The summed E-state index contributed by atoms with van der Waals surface area (Å²) in [7, 11) is 0. The molecule has 2 N–H and O–H groups in total. The van der Waals surface area contributed by atoms with Gasteiger partial charge in [-0.3, -0.25) is 9.69 Å². The van der Waals surface area contributed by atoms with Crippen LogP contribution in [0.15, 0.2) is 0 Å². The van der Waals surface area contributed by atoms with Crippen LogP contribution >= 0.6 is 0 Å². The summed E-state index contributed by atoms with van der Waals surface area (Å²) in [5.41, 5.74) is 0. The summed E-state index contributed by atoms with van der Waals surface area (Å²) >= 11 is 0. The van der Waals surface area contributed by atoms with Gasteiger partial charge in [-0.15, -0.1) is 0 Å². The quantitative estimate of drug-likeness (QED) is 0.760. The van der Waals surface area contributed by atoms with E-state index in [0.29, 0.717) is 18.1 Å². The maximum atomic E-state index is 12.4. The van der Waals surface area contributed by atoms with Crippen molar-refractivity contribution in [2.75, 3.05) is 19.6 Å². The lowest BCUT2D eigenvalue weighted by atomic mass is 9.90. The predicted molar refractivity (Wildman–Crippen MR) is 71.3 cm³/mol. The highest BCUT2D eigenvalue weighted by Crippen LogP contribution is 2.28. The summed E-state index contributed by atoms with van der Waals surface area (Å²) in [6.45, 7) is 5.61. The van der Waals surface area contributed by atoms with Crippen LogP contribution in [-0.2, 0) is 4.79 Å². The number of amides is 1. The number of hydrogen-bond acceptors (Lipinski definition) is 3. The van der Waals surface area contributed by atoms with Crippen molar-refractivity contribution >= 4 is 5.91 Å². The van der Waals surface area contributed by atoms with Crippen molar-refractivity contribution < 1.29 is 4.79 Å². The van der Waals surface area contributed by atoms with Crippen LogP contribution in [0.3, 0.4) is 0 Å². The lowest BCUT2D eigenvalue weighted by Crippen LogP contribution is -2.51. The maximum Gasteiger partial charge on any atom is 0.224 e. The van der Waals surface area contributed by atoms with Gasteiger partial charge in [0.05, 0.1) is 5.92 Å². The van der Waals surface area contributed by atoms with E-state index in [4.69, 9.17) is 0 Å². The number of hydrogen-bond donors (Lipinski definition) is 2. The van der Waals surface area contributed by atoms with Gasteiger partial charge in [0.2, 0.25) is 5.91 Å². The largest absolute Gasteiger partial charge is 0.351 e. The van der Waals surface area contributed by atoms with Crippen LogP contribution < -0.4 is 10.6 Å². The van der Waals surface area contributed by atoms with Crippen LogP contribution in [0.25, 0.3) is 0 Å². The Morgan fingerprint density at radius 2 is 2.11 bits per heavy atom. The van der Waals surface area contributed by atoms with Crippen molar-refractivity contribution in [3.63, 3.8) is 0 Å². The molecule has 4 atom stereocenters. The van der Waals surface area contributed by atoms with Gasteiger partial charge in [0.1, 0.15) is 0 Å². The average Bonchev–Trinajstić information content (AvgIpc) is 2.94. The van der Waals surface area contributed by atoms with Crippen LogP contribution in [0.2, 0.25) is 0 Å². The van der Waals surface area contributed by atoms with E-state index in [1.807, 2.05) is 0 Å². The highest BCUT2D eigenvalue weighted by atomic mass is 16.2. The lowest BCUT2D eigenvalue weighted by molar-refractivity contribution is -0.127. The Hall–Kier alpha value is -0.610. The second-order valence-electron chi connectivity index (χ2n) is 6.14. The zero-order valence-electron chi connectivity index (χ0n) is 11.3. The molecule has 1 amide bonds. The second kappa shape index (κ2) is 5.17. The summed E-state index contributed by atoms with van der Waals surface area (Å²) in [6, 6.07) is 1.37. The standard InChI is InChI=1S/C14H25N3O/c1-10-11(4-2-7-15-10)14(18)16-12-6-9-17-8-3-5-13(12)17/h10-13,15H,2-9H2,1H3,(H,16,18). The van der Waals surface area contributed by atoms with Crippen LogP contribution in [0.1, 0.15) is 39.0 Å². The van der Waals surface area contributed by atoms with E-state index in [0.717, 1.165) is 25.8 Å². The molecule has 0 aromatic rings. The third-order valence-electron chi connectivity index (χ3n) is 5.03.